The smallest absolute Gasteiger partial charge is 0.364 e. The van der Waals surface area contributed by atoms with Gasteiger partial charge >= 0.3 is 11.2 Å². The number of carbonyl (C=O) groups is 1. The molecule has 0 aromatic heterocycles. The summed E-state index contributed by atoms with van der Waals surface area (Å²) in [6.45, 7) is -0.327. The summed E-state index contributed by atoms with van der Waals surface area (Å²) in [4.78, 5) is 13.1. The average Bonchev–Trinajstić information content (AvgIpc) is 2.76. The molecular weight excluding hydrogens is 592 g/mol. The van der Waals surface area contributed by atoms with Crippen molar-refractivity contribution in [3.8, 4) is 5.75 Å². The van der Waals surface area contributed by atoms with Crippen LogP contribution in [0.3, 0.4) is 0 Å². The molecular formula is C22H23F3IO7S-. The van der Waals surface area contributed by atoms with Gasteiger partial charge in [0, 0.05) is 23.8 Å². The Labute approximate surface area is 208 Å². The van der Waals surface area contributed by atoms with Crippen molar-refractivity contribution >= 4 is 38.7 Å². The molecule has 1 aliphatic heterocycles. The molecule has 0 amide bonds. The lowest BCUT2D eigenvalue weighted by molar-refractivity contribution is -0.326. The number of benzene rings is 1. The number of hydrogen-bond acceptors (Lipinski definition) is 7. The van der Waals surface area contributed by atoms with Crippen molar-refractivity contribution in [2.24, 2.45) is 23.2 Å². The Morgan fingerprint density at radius 1 is 1.26 bits per heavy atom. The van der Waals surface area contributed by atoms with E-state index in [1.807, 2.05) is 18.2 Å². The molecule has 1 spiro atoms. The maximum Gasteiger partial charge on any atom is 0.364 e. The van der Waals surface area contributed by atoms with E-state index in [0.29, 0.717) is 25.9 Å². The zero-order valence-corrected chi connectivity index (χ0v) is 21.0. The van der Waals surface area contributed by atoms with Crippen LogP contribution in [-0.2, 0) is 31.0 Å². The monoisotopic (exact) mass is 615 g/mol. The Bertz CT molecular complexity index is 1100. The molecule has 4 bridgehead atoms. The highest BCUT2D eigenvalue weighted by molar-refractivity contribution is 14.1. The quantitative estimate of drug-likeness (QED) is 0.270. The lowest BCUT2D eigenvalue weighted by Crippen LogP contribution is -2.67. The highest BCUT2D eigenvalue weighted by Gasteiger charge is 2.68. The van der Waals surface area contributed by atoms with E-state index in [2.05, 4.69) is 22.6 Å². The number of hydrogen-bond donors (Lipinski definition) is 0. The van der Waals surface area contributed by atoms with E-state index in [1.165, 1.54) is 0 Å². The first kappa shape index (κ1) is 24.6. The summed E-state index contributed by atoms with van der Waals surface area (Å²) in [7, 11) is -6.16. The molecule has 7 nitrogen and oxygen atoms in total. The van der Waals surface area contributed by atoms with Crippen LogP contribution in [0.2, 0.25) is 0 Å². The number of fused-ring (bicyclic) bond motifs is 1. The summed E-state index contributed by atoms with van der Waals surface area (Å²) < 4.78 is 91.2. The lowest BCUT2D eigenvalue weighted by Gasteiger charge is -2.63. The first-order valence-electron chi connectivity index (χ1n) is 11.1. The van der Waals surface area contributed by atoms with Gasteiger partial charge in [-0.25, -0.2) is 12.8 Å². The fraction of sp³-hybridized carbons (Fsp3) is 0.682. The van der Waals surface area contributed by atoms with Gasteiger partial charge in [0.2, 0.25) is 5.79 Å². The molecule has 3 atom stereocenters. The van der Waals surface area contributed by atoms with Crippen LogP contribution in [0.25, 0.3) is 0 Å². The predicted molar refractivity (Wildman–Crippen MR) is 118 cm³/mol. The van der Waals surface area contributed by atoms with E-state index < -0.39 is 51.7 Å². The number of esters is 1. The van der Waals surface area contributed by atoms with Gasteiger partial charge in [-0.1, -0.05) is 12.1 Å². The fourth-order valence-electron chi connectivity index (χ4n) is 6.47. The van der Waals surface area contributed by atoms with Gasteiger partial charge in [0.1, 0.15) is 5.75 Å². The zero-order chi connectivity index (χ0) is 24.5. The van der Waals surface area contributed by atoms with E-state index in [-0.39, 0.29) is 17.8 Å². The van der Waals surface area contributed by atoms with E-state index in [4.69, 9.17) is 14.2 Å². The van der Waals surface area contributed by atoms with E-state index >= 15 is 0 Å². The molecule has 0 radical (unpaired) electrons. The third-order valence-corrected chi connectivity index (χ3v) is 9.60. The molecule has 1 heterocycles. The van der Waals surface area contributed by atoms with E-state index in [0.717, 1.165) is 27.7 Å². The summed E-state index contributed by atoms with van der Waals surface area (Å²) >= 11 is 2.23. The standard InChI is InChI=1S/C22H24F3IO7S/c23-17(22(24,25)34(28,29)30)4-5-31-19(27)20-8-12-6-14(9-20)21(15(7-12)10-20)32-11-13-2-1-3-16(26)18(13)33-21/h1-3,12,14-15,17H,4-11H2,(H,28,29,30)/p-1. The molecule has 3 unspecified atom stereocenters. The minimum atomic E-state index is -6.16. The van der Waals surface area contributed by atoms with Crippen LogP contribution in [0.15, 0.2) is 18.2 Å². The maximum atomic E-state index is 13.7. The van der Waals surface area contributed by atoms with Crippen LogP contribution < -0.4 is 4.74 Å². The van der Waals surface area contributed by atoms with Gasteiger partial charge in [-0.3, -0.25) is 4.79 Å². The van der Waals surface area contributed by atoms with Gasteiger partial charge in [-0.15, -0.1) is 0 Å². The van der Waals surface area contributed by atoms with E-state index in [9.17, 15) is 30.9 Å². The molecule has 1 aromatic carbocycles. The molecule has 5 aliphatic rings. The summed E-state index contributed by atoms with van der Waals surface area (Å²) in [6, 6.07) is 5.86. The number of alkyl halides is 3. The SMILES string of the molecule is O=C(OCCC(F)C(F)(F)S(=O)(=O)[O-])C12CC3CC(C1)C1(OCc4cccc(I)c4O1)C(C3)C2. The van der Waals surface area contributed by atoms with Crippen LogP contribution in [-0.4, -0.2) is 42.8 Å². The fourth-order valence-corrected chi connectivity index (χ4v) is 7.57. The van der Waals surface area contributed by atoms with Crippen molar-refractivity contribution in [1.29, 1.82) is 0 Å². The average molecular weight is 615 g/mol. The first-order valence-corrected chi connectivity index (χ1v) is 13.6. The minimum Gasteiger partial charge on any atom is -0.743 e. The van der Waals surface area contributed by atoms with Crippen molar-refractivity contribution < 1.29 is 45.1 Å². The van der Waals surface area contributed by atoms with Crippen molar-refractivity contribution in [3.63, 3.8) is 0 Å². The Morgan fingerprint density at radius 3 is 2.59 bits per heavy atom. The lowest BCUT2D eigenvalue weighted by atomic mass is 9.47. The molecule has 4 saturated carbocycles. The first-order chi connectivity index (χ1) is 15.9. The van der Waals surface area contributed by atoms with Gasteiger partial charge in [-0.2, -0.15) is 8.78 Å². The van der Waals surface area contributed by atoms with Crippen LogP contribution >= 0.6 is 22.6 Å². The summed E-state index contributed by atoms with van der Waals surface area (Å²) in [5.74, 6) is -0.472. The molecule has 0 N–H and O–H groups in total. The van der Waals surface area contributed by atoms with Gasteiger partial charge in [0.15, 0.2) is 16.3 Å². The molecule has 1 aromatic rings. The predicted octanol–water partition coefficient (Wildman–Crippen LogP) is 4.13. The maximum absolute atomic E-state index is 13.7. The van der Waals surface area contributed by atoms with Crippen LogP contribution in [0, 0.1) is 26.7 Å². The van der Waals surface area contributed by atoms with E-state index in [1.54, 1.807) is 0 Å². The zero-order valence-electron chi connectivity index (χ0n) is 18.0. The summed E-state index contributed by atoms with van der Waals surface area (Å²) in [5.41, 5.74) is 0.135. The summed E-state index contributed by atoms with van der Waals surface area (Å²) in [6.07, 6.45) is -1.18. The van der Waals surface area contributed by atoms with Crippen LogP contribution in [0.1, 0.15) is 44.1 Å². The van der Waals surface area contributed by atoms with Gasteiger partial charge in [-0.05, 0) is 66.7 Å². The number of rotatable bonds is 6. The molecule has 188 valence electrons. The van der Waals surface area contributed by atoms with Crippen molar-refractivity contribution in [2.45, 2.75) is 62.3 Å². The van der Waals surface area contributed by atoms with Crippen molar-refractivity contribution in [1.82, 2.24) is 0 Å². The number of carbonyl (C=O) groups excluding carboxylic acids is 1. The molecule has 4 aliphatic carbocycles. The third-order valence-electron chi connectivity index (χ3n) is 7.83. The second-order valence-corrected chi connectivity index (χ2v) is 12.5. The molecule has 12 heteroatoms. The third kappa shape index (κ3) is 3.74. The second-order valence-electron chi connectivity index (χ2n) is 9.87. The molecule has 34 heavy (non-hydrogen) atoms. The van der Waals surface area contributed by atoms with Crippen LogP contribution in [0.5, 0.6) is 5.75 Å². The Kier molecular flexibility index (Phi) is 5.93. The Morgan fingerprint density at radius 2 is 1.94 bits per heavy atom. The second kappa shape index (κ2) is 8.20. The van der Waals surface area contributed by atoms with Crippen molar-refractivity contribution in [2.75, 3.05) is 6.61 Å². The van der Waals surface area contributed by atoms with Gasteiger partial charge in [0.05, 0.1) is 22.2 Å². The number of ether oxygens (including phenoxy) is 3. The topological polar surface area (TPSA) is 102 Å². The number of halogens is 4. The molecule has 4 fully saturated rings. The van der Waals surface area contributed by atoms with Gasteiger partial charge < -0.3 is 18.8 Å². The summed E-state index contributed by atoms with van der Waals surface area (Å²) in [5, 5.41) is -5.07. The normalized spacial score (nSPS) is 35.0. The Hall–Kier alpha value is -1.12. The Balaban J connectivity index is 1.28. The van der Waals surface area contributed by atoms with Crippen LogP contribution in [0.4, 0.5) is 13.2 Å². The number of para-hydroxylation sites is 1. The highest BCUT2D eigenvalue weighted by Crippen LogP contribution is 2.66. The largest absolute Gasteiger partial charge is 0.743 e. The van der Waals surface area contributed by atoms with Gasteiger partial charge in [0.25, 0.3) is 0 Å². The minimum absolute atomic E-state index is 0.0562. The molecule has 0 saturated heterocycles. The van der Waals surface area contributed by atoms with Crippen molar-refractivity contribution in [3.05, 3.63) is 27.3 Å². The highest BCUT2D eigenvalue weighted by atomic mass is 127. The molecule has 6 rings (SSSR count).